The minimum Gasteiger partial charge on any atom is -0.380 e. The van der Waals surface area contributed by atoms with E-state index in [1.807, 2.05) is 0 Å². The molecule has 0 aromatic rings. The summed E-state index contributed by atoms with van der Waals surface area (Å²) >= 11 is 0. The first-order chi connectivity index (χ1) is 9.17. The van der Waals surface area contributed by atoms with E-state index in [2.05, 4.69) is 37.9 Å². The molecule has 0 radical (unpaired) electrons. The lowest BCUT2D eigenvalue weighted by atomic mass is 9.98. The molecule has 0 saturated carbocycles. The Morgan fingerprint density at radius 2 is 2.00 bits per heavy atom. The van der Waals surface area contributed by atoms with Crippen molar-refractivity contribution in [2.75, 3.05) is 32.8 Å². The maximum Gasteiger partial charge on any atom is 0.0593 e. The summed E-state index contributed by atoms with van der Waals surface area (Å²) in [5.41, 5.74) is 0. The zero-order valence-corrected chi connectivity index (χ0v) is 13.5. The van der Waals surface area contributed by atoms with E-state index in [-0.39, 0.29) is 0 Å². The van der Waals surface area contributed by atoms with Crippen molar-refractivity contribution in [2.45, 2.75) is 65.5 Å². The first kappa shape index (κ1) is 16.9. The molecule has 3 heteroatoms. The molecule has 114 valence electrons. The molecule has 2 atom stereocenters. The van der Waals surface area contributed by atoms with Gasteiger partial charge in [-0.25, -0.2) is 0 Å². The van der Waals surface area contributed by atoms with Crippen LogP contribution in [0.3, 0.4) is 0 Å². The molecule has 0 bridgehead atoms. The molecule has 1 N–H and O–H groups in total. The summed E-state index contributed by atoms with van der Waals surface area (Å²) in [5, 5.41) is 3.72. The highest BCUT2D eigenvalue weighted by molar-refractivity contribution is 4.86. The summed E-state index contributed by atoms with van der Waals surface area (Å²) in [6, 6.07) is 1.37. The van der Waals surface area contributed by atoms with E-state index in [4.69, 9.17) is 4.74 Å². The van der Waals surface area contributed by atoms with Crippen molar-refractivity contribution >= 4 is 0 Å². The number of hydrogen-bond acceptors (Lipinski definition) is 3. The van der Waals surface area contributed by atoms with Crippen LogP contribution >= 0.6 is 0 Å². The van der Waals surface area contributed by atoms with E-state index in [1.54, 1.807) is 0 Å². The molecule has 1 saturated heterocycles. The molecule has 2 unspecified atom stereocenters. The maximum atomic E-state index is 5.67. The van der Waals surface area contributed by atoms with Crippen LogP contribution < -0.4 is 5.32 Å². The molecule has 1 aliphatic heterocycles. The highest BCUT2D eigenvalue weighted by atomic mass is 16.5. The number of ether oxygens (including phenoxy) is 1. The predicted molar refractivity (Wildman–Crippen MR) is 82.6 cm³/mol. The Balaban J connectivity index is 2.40. The Morgan fingerprint density at radius 3 is 2.63 bits per heavy atom. The smallest absolute Gasteiger partial charge is 0.0593 e. The molecule has 1 heterocycles. The monoisotopic (exact) mass is 270 g/mol. The first-order valence-electron chi connectivity index (χ1n) is 8.22. The quantitative estimate of drug-likeness (QED) is 0.652. The van der Waals surface area contributed by atoms with Gasteiger partial charge in [0.2, 0.25) is 0 Å². The first-order valence-corrected chi connectivity index (χ1v) is 8.22. The molecule has 0 spiro atoms. The highest BCUT2D eigenvalue weighted by Crippen LogP contribution is 2.16. The van der Waals surface area contributed by atoms with Gasteiger partial charge < -0.3 is 10.1 Å². The standard InChI is InChI=1S/C16H34N2O/c1-5-7-15-13-18(8-10-19-9-6-2)16(12-17-15)11-14(3)4/h14-17H,5-13H2,1-4H3. The van der Waals surface area contributed by atoms with Crippen molar-refractivity contribution < 1.29 is 4.74 Å². The second kappa shape index (κ2) is 9.73. The molecule has 1 fully saturated rings. The Labute approximate surface area is 120 Å². The number of rotatable bonds is 9. The fourth-order valence-corrected chi connectivity index (χ4v) is 2.95. The maximum absolute atomic E-state index is 5.67. The van der Waals surface area contributed by atoms with E-state index in [1.165, 1.54) is 25.8 Å². The predicted octanol–water partition coefficient (Wildman–Crippen LogP) is 2.90. The van der Waals surface area contributed by atoms with E-state index in [9.17, 15) is 0 Å². The summed E-state index contributed by atoms with van der Waals surface area (Å²) < 4.78 is 5.67. The van der Waals surface area contributed by atoms with Crippen molar-refractivity contribution in [1.82, 2.24) is 10.2 Å². The van der Waals surface area contributed by atoms with E-state index >= 15 is 0 Å². The zero-order valence-electron chi connectivity index (χ0n) is 13.5. The topological polar surface area (TPSA) is 24.5 Å². The van der Waals surface area contributed by atoms with Crippen LogP contribution in [0.25, 0.3) is 0 Å². The van der Waals surface area contributed by atoms with Crippen LogP contribution in [0, 0.1) is 5.92 Å². The lowest BCUT2D eigenvalue weighted by molar-refractivity contribution is 0.0576. The van der Waals surface area contributed by atoms with Gasteiger partial charge in [0, 0.05) is 38.3 Å². The largest absolute Gasteiger partial charge is 0.380 e. The normalized spacial score (nSPS) is 25.1. The second-order valence-corrected chi connectivity index (χ2v) is 6.28. The molecule has 0 aliphatic carbocycles. The van der Waals surface area contributed by atoms with Gasteiger partial charge in [0.1, 0.15) is 0 Å². The van der Waals surface area contributed by atoms with Crippen molar-refractivity contribution in [3.63, 3.8) is 0 Å². The van der Waals surface area contributed by atoms with Crippen molar-refractivity contribution in [1.29, 1.82) is 0 Å². The van der Waals surface area contributed by atoms with Gasteiger partial charge in [-0.1, -0.05) is 34.1 Å². The Bertz CT molecular complexity index is 221. The molecular weight excluding hydrogens is 236 g/mol. The minimum atomic E-state index is 0.680. The number of nitrogens with one attached hydrogen (secondary N) is 1. The third-order valence-electron chi connectivity index (χ3n) is 3.87. The van der Waals surface area contributed by atoms with Crippen LogP contribution in [0.5, 0.6) is 0 Å². The minimum absolute atomic E-state index is 0.680. The fourth-order valence-electron chi connectivity index (χ4n) is 2.95. The Morgan fingerprint density at radius 1 is 1.21 bits per heavy atom. The fraction of sp³-hybridized carbons (Fsp3) is 1.00. The van der Waals surface area contributed by atoms with Gasteiger partial charge in [-0.15, -0.1) is 0 Å². The lowest BCUT2D eigenvalue weighted by Gasteiger charge is -2.41. The molecule has 1 aliphatic rings. The third-order valence-corrected chi connectivity index (χ3v) is 3.87. The van der Waals surface area contributed by atoms with Gasteiger partial charge in [-0.2, -0.15) is 0 Å². The second-order valence-electron chi connectivity index (χ2n) is 6.28. The average molecular weight is 270 g/mol. The average Bonchev–Trinajstić information content (AvgIpc) is 2.37. The van der Waals surface area contributed by atoms with E-state index in [0.717, 1.165) is 38.6 Å². The molecule has 0 aromatic heterocycles. The van der Waals surface area contributed by atoms with Crippen LogP contribution in [0.4, 0.5) is 0 Å². The van der Waals surface area contributed by atoms with Gasteiger partial charge in [-0.05, 0) is 25.2 Å². The van der Waals surface area contributed by atoms with Gasteiger partial charge >= 0.3 is 0 Å². The Kier molecular flexibility index (Phi) is 8.67. The van der Waals surface area contributed by atoms with Crippen LogP contribution in [-0.2, 0) is 4.74 Å². The summed E-state index contributed by atoms with van der Waals surface area (Å²) in [6.45, 7) is 14.3. The van der Waals surface area contributed by atoms with Gasteiger partial charge in [0.25, 0.3) is 0 Å². The summed E-state index contributed by atoms with van der Waals surface area (Å²) in [5.74, 6) is 0.772. The van der Waals surface area contributed by atoms with Gasteiger partial charge in [0.05, 0.1) is 6.61 Å². The summed E-state index contributed by atoms with van der Waals surface area (Å²) in [6.07, 6.45) is 4.97. The van der Waals surface area contributed by atoms with Crippen molar-refractivity contribution in [3.05, 3.63) is 0 Å². The van der Waals surface area contributed by atoms with Crippen molar-refractivity contribution in [2.24, 2.45) is 5.92 Å². The molecular formula is C16H34N2O. The third kappa shape index (κ3) is 6.73. The molecule has 1 rings (SSSR count). The number of piperazine rings is 1. The molecule has 19 heavy (non-hydrogen) atoms. The SMILES string of the molecule is CCCOCCN1CC(CCC)NCC1CC(C)C. The van der Waals surface area contributed by atoms with Crippen LogP contribution in [0.1, 0.15) is 53.4 Å². The van der Waals surface area contributed by atoms with Gasteiger partial charge in [-0.3, -0.25) is 4.90 Å². The summed E-state index contributed by atoms with van der Waals surface area (Å²) in [4.78, 5) is 2.66. The highest BCUT2D eigenvalue weighted by Gasteiger charge is 2.27. The molecule has 3 nitrogen and oxygen atoms in total. The van der Waals surface area contributed by atoms with Crippen LogP contribution in [0.2, 0.25) is 0 Å². The lowest BCUT2D eigenvalue weighted by Crippen LogP contribution is -2.57. The number of hydrogen-bond donors (Lipinski definition) is 1. The van der Waals surface area contributed by atoms with E-state index < -0.39 is 0 Å². The van der Waals surface area contributed by atoms with Crippen LogP contribution in [-0.4, -0.2) is 49.8 Å². The van der Waals surface area contributed by atoms with Gasteiger partial charge in [0.15, 0.2) is 0 Å². The molecule has 0 aromatic carbocycles. The summed E-state index contributed by atoms with van der Waals surface area (Å²) in [7, 11) is 0. The Hall–Kier alpha value is -0.120. The van der Waals surface area contributed by atoms with Crippen molar-refractivity contribution in [3.8, 4) is 0 Å². The van der Waals surface area contributed by atoms with E-state index in [0.29, 0.717) is 12.1 Å². The zero-order chi connectivity index (χ0) is 14.1. The number of nitrogens with zero attached hydrogens (tertiary/aromatic N) is 1. The van der Waals surface area contributed by atoms with Crippen LogP contribution in [0.15, 0.2) is 0 Å². The molecule has 0 amide bonds.